The maximum atomic E-state index is 12.0. The van der Waals surface area contributed by atoms with Gasteiger partial charge in [0.05, 0.1) is 6.04 Å². The van der Waals surface area contributed by atoms with E-state index >= 15 is 0 Å². The van der Waals surface area contributed by atoms with Crippen LogP contribution in [0.2, 0.25) is 0 Å². The summed E-state index contributed by atoms with van der Waals surface area (Å²) >= 11 is 0. The Balaban J connectivity index is 1.98. The summed E-state index contributed by atoms with van der Waals surface area (Å²) in [6.07, 6.45) is 5.60. The third kappa shape index (κ3) is 2.82. The quantitative estimate of drug-likeness (QED) is 0.667. The smallest absolute Gasteiger partial charge is 0.221 e. The van der Waals surface area contributed by atoms with Crippen LogP contribution < -0.4 is 5.32 Å². The molecule has 16 heavy (non-hydrogen) atoms. The molecule has 4 heteroatoms. The van der Waals surface area contributed by atoms with Crippen molar-refractivity contribution < 1.29 is 9.59 Å². The van der Waals surface area contributed by atoms with E-state index in [-0.39, 0.29) is 11.9 Å². The fraction of sp³-hybridized carbons (Fsp3) is 0.833. The van der Waals surface area contributed by atoms with Gasteiger partial charge in [0.25, 0.3) is 0 Å². The highest BCUT2D eigenvalue weighted by Gasteiger charge is 2.28. The molecular formula is C12H20N2O2. The first kappa shape index (κ1) is 11.6. The molecule has 4 nitrogen and oxygen atoms in total. The molecule has 2 rings (SSSR count). The van der Waals surface area contributed by atoms with Crippen molar-refractivity contribution in [1.82, 2.24) is 10.2 Å². The Morgan fingerprint density at radius 2 is 1.94 bits per heavy atom. The predicted molar refractivity (Wildman–Crippen MR) is 61.1 cm³/mol. The molecule has 1 aliphatic heterocycles. The van der Waals surface area contributed by atoms with Crippen LogP contribution in [0.4, 0.5) is 0 Å². The molecule has 0 bridgehead atoms. The van der Waals surface area contributed by atoms with E-state index < -0.39 is 0 Å². The number of rotatable bonds is 1. The summed E-state index contributed by atoms with van der Waals surface area (Å²) in [6.45, 7) is 2.24. The van der Waals surface area contributed by atoms with Crippen LogP contribution in [0.3, 0.4) is 0 Å². The number of carbonyl (C=O) groups excluding carboxylic acids is 2. The molecule has 1 aliphatic carbocycles. The minimum atomic E-state index is 0.0789. The molecule has 1 heterocycles. The first-order valence-electron chi connectivity index (χ1n) is 6.31. The summed E-state index contributed by atoms with van der Waals surface area (Å²) in [5.41, 5.74) is 0. The molecule has 1 unspecified atom stereocenters. The second-order valence-corrected chi connectivity index (χ2v) is 4.72. The van der Waals surface area contributed by atoms with E-state index in [1.165, 1.54) is 6.42 Å². The monoisotopic (exact) mass is 224 g/mol. The average molecular weight is 224 g/mol. The number of amides is 1. The summed E-state index contributed by atoms with van der Waals surface area (Å²) in [5.74, 6) is 0.496. The van der Waals surface area contributed by atoms with Crippen molar-refractivity contribution in [2.24, 2.45) is 0 Å². The average Bonchev–Trinajstić information content (AvgIpc) is 2.59. The van der Waals surface area contributed by atoms with Gasteiger partial charge in [-0.1, -0.05) is 12.8 Å². The SMILES string of the molecule is O=C1CCN(C2CCCCCC2=O)CCN1. The van der Waals surface area contributed by atoms with Gasteiger partial charge in [-0.25, -0.2) is 0 Å². The molecule has 0 radical (unpaired) electrons. The standard InChI is InChI=1S/C12H20N2O2/c15-11-5-3-1-2-4-10(11)14-8-6-12(16)13-7-9-14/h10H,1-9H2,(H,13,16). The maximum absolute atomic E-state index is 12.0. The number of nitrogens with one attached hydrogen (secondary N) is 1. The van der Waals surface area contributed by atoms with E-state index in [1.807, 2.05) is 0 Å². The van der Waals surface area contributed by atoms with E-state index in [9.17, 15) is 9.59 Å². The Hall–Kier alpha value is -0.900. The van der Waals surface area contributed by atoms with E-state index in [0.717, 1.165) is 38.8 Å². The number of nitrogens with zero attached hydrogens (tertiary/aromatic N) is 1. The second-order valence-electron chi connectivity index (χ2n) is 4.72. The van der Waals surface area contributed by atoms with Crippen molar-refractivity contribution in [2.75, 3.05) is 19.6 Å². The number of ketones is 1. The zero-order valence-electron chi connectivity index (χ0n) is 9.71. The largest absolute Gasteiger partial charge is 0.355 e. The molecule has 1 amide bonds. The fourth-order valence-corrected chi connectivity index (χ4v) is 2.62. The molecule has 2 aliphatic rings. The molecular weight excluding hydrogens is 204 g/mol. The Morgan fingerprint density at radius 1 is 1.06 bits per heavy atom. The molecule has 2 fully saturated rings. The van der Waals surface area contributed by atoms with Crippen LogP contribution in [0.25, 0.3) is 0 Å². The summed E-state index contributed by atoms with van der Waals surface area (Å²) in [7, 11) is 0. The lowest BCUT2D eigenvalue weighted by molar-refractivity contribution is -0.125. The Bertz CT molecular complexity index is 278. The number of Topliss-reactive ketones (excluding diaryl/α,β-unsaturated/α-hetero) is 1. The summed E-state index contributed by atoms with van der Waals surface area (Å²) in [4.78, 5) is 25.4. The van der Waals surface area contributed by atoms with Gasteiger partial charge in [-0.2, -0.15) is 0 Å². The fourth-order valence-electron chi connectivity index (χ4n) is 2.62. The molecule has 1 N–H and O–H groups in total. The van der Waals surface area contributed by atoms with Crippen LogP contribution in [-0.2, 0) is 9.59 Å². The molecule has 0 spiro atoms. The van der Waals surface area contributed by atoms with Crippen molar-refractivity contribution in [1.29, 1.82) is 0 Å². The molecule has 1 saturated carbocycles. The first-order valence-corrected chi connectivity index (χ1v) is 6.31. The lowest BCUT2D eigenvalue weighted by Gasteiger charge is -2.27. The van der Waals surface area contributed by atoms with Crippen molar-refractivity contribution in [2.45, 2.75) is 44.6 Å². The van der Waals surface area contributed by atoms with Gasteiger partial charge < -0.3 is 5.32 Å². The molecule has 0 aromatic heterocycles. The number of hydrogen-bond acceptors (Lipinski definition) is 3. The number of hydrogen-bond donors (Lipinski definition) is 1. The van der Waals surface area contributed by atoms with Gasteiger partial charge >= 0.3 is 0 Å². The third-order valence-corrected chi connectivity index (χ3v) is 3.56. The first-order chi connectivity index (χ1) is 7.77. The molecule has 90 valence electrons. The van der Waals surface area contributed by atoms with Crippen LogP contribution in [0.5, 0.6) is 0 Å². The molecule has 0 aromatic rings. The topological polar surface area (TPSA) is 49.4 Å². The van der Waals surface area contributed by atoms with Gasteiger partial charge in [-0.05, 0) is 12.8 Å². The van der Waals surface area contributed by atoms with Crippen LogP contribution in [0, 0.1) is 0 Å². The predicted octanol–water partition coefficient (Wildman–Crippen LogP) is 0.710. The van der Waals surface area contributed by atoms with E-state index in [1.54, 1.807) is 0 Å². The minimum absolute atomic E-state index is 0.0789. The van der Waals surface area contributed by atoms with Gasteiger partial charge in [0.15, 0.2) is 0 Å². The summed E-state index contributed by atoms with van der Waals surface area (Å²) in [6, 6.07) is 0.0789. The third-order valence-electron chi connectivity index (χ3n) is 3.56. The Morgan fingerprint density at radius 3 is 2.81 bits per heavy atom. The van der Waals surface area contributed by atoms with Crippen molar-refractivity contribution in [3.63, 3.8) is 0 Å². The van der Waals surface area contributed by atoms with Gasteiger partial charge in [0.1, 0.15) is 5.78 Å². The number of carbonyl (C=O) groups is 2. The van der Waals surface area contributed by atoms with Crippen molar-refractivity contribution >= 4 is 11.7 Å². The zero-order chi connectivity index (χ0) is 11.4. The molecule has 1 saturated heterocycles. The zero-order valence-corrected chi connectivity index (χ0v) is 9.71. The Labute approximate surface area is 96.4 Å². The highest BCUT2D eigenvalue weighted by atomic mass is 16.1. The molecule has 1 atom stereocenters. The highest BCUT2D eigenvalue weighted by Crippen LogP contribution is 2.19. The van der Waals surface area contributed by atoms with Crippen molar-refractivity contribution in [3.8, 4) is 0 Å². The minimum Gasteiger partial charge on any atom is -0.355 e. The van der Waals surface area contributed by atoms with E-state index in [4.69, 9.17) is 0 Å². The van der Waals surface area contributed by atoms with Crippen LogP contribution in [0.1, 0.15) is 38.5 Å². The van der Waals surface area contributed by atoms with Crippen LogP contribution in [0.15, 0.2) is 0 Å². The second kappa shape index (κ2) is 5.43. The van der Waals surface area contributed by atoms with Gasteiger partial charge in [-0.3, -0.25) is 14.5 Å². The lowest BCUT2D eigenvalue weighted by atomic mass is 10.1. The van der Waals surface area contributed by atoms with Crippen molar-refractivity contribution in [3.05, 3.63) is 0 Å². The highest BCUT2D eigenvalue weighted by molar-refractivity contribution is 5.84. The Kier molecular flexibility index (Phi) is 3.93. The van der Waals surface area contributed by atoms with E-state index in [2.05, 4.69) is 10.2 Å². The normalized spacial score (nSPS) is 29.4. The van der Waals surface area contributed by atoms with E-state index in [0.29, 0.717) is 18.7 Å². The molecule has 0 aromatic carbocycles. The van der Waals surface area contributed by atoms with Gasteiger partial charge in [-0.15, -0.1) is 0 Å². The van der Waals surface area contributed by atoms with Gasteiger partial charge in [0, 0.05) is 32.5 Å². The maximum Gasteiger partial charge on any atom is 0.221 e. The van der Waals surface area contributed by atoms with Crippen LogP contribution >= 0.6 is 0 Å². The lowest BCUT2D eigenvalue weighted by Crippen LogP contribution is -2.42. The van der Waals surface area contributed by atoms with Crippen LogP contribution in [-0.4, -0.2) is 42.3 Å². The summed E-state index contributed by atoms with van der Waals surface area (Å²) < 4.78 is 0. The van der Waals surface area contributed by atoms with Gasteiger partial charge in [0.2, 0.25) is 5.91 Å². The summed E-state index contributed by atoms with van der Waals surface area (Å²) in [5, 5.41) is 2.85.